The van der Waals surface area contributed by atoms with Crippen LogP contribution in [-0.4, -0.2) is 19.2 Å². The van der Waals surface area contributed by atoms with Crippen molar-refractivity contribution in [2.45, 2.75) is 6.92 Å². The number of ether oxygens (including phenoxy) is 2. The zero-order valence-corrected chi connectivity index (χ0v) is 10.3. The standard InChI is InChI=1S/C10H12ClNO3.ClH/c1-2-14-10(13)6-15-9-5-7(12)3-4-8(9)11;/h3-5H,2,6,12H2,1H3;1H. The molecule has 0 aromatic heterocycles. The topological polar surface area (TPSA) is 61.5 Å². The second-order valence-corrected chi connectivity index (χ2v) is 3.19. The Morgan fingerprint density at radius 3 is 2.81 bits per heavy atom. The number of nitrogens with two attached hydrogens (primary N) is 1. The van der Waals surface area contributed by atoms with Crippen LogP contribution in [0.2, 0.25) is 5.02 Å². The number of hydrogen-bond donors (Lipinski definition) is 1. The molecule has 16 heavy (non-hydrogen) atoms. The number of anilines is 1. The molecule has 6 heteroatoms. The lowest BCUT2D eigenvalue weighted by molar-refractivity contribution is -0.145. The van der Waals surface area contributed by atoms with E-state index in [1.165, 1.54) is 0 Å². The van der Waals surface area contributed by atoms with E-state index >= 15 is 0 Å². The maximum absolute atomic E-state index is 11.0. The van der Waals surface area contributed by atoms with E-state index < -0.39 is 5.97 Å². The molecule has 0 fully saturated rings. The van der Waals surface area contributed by atoms with Crippen LogP contribution < -0.4 is 10.5 Å². The predicted molar refractivity (Wildman–Crippen MR) is 65.2 cm³/mol. The molecule has 0 saturated carbocycles. The lowest BCUT2D eigenvalue weighted by atomic mass is 10.3. The van der Waals surface area contributed by atoms with Crippen molar-refractivity contribution < 1.29 is 14.3 Å². The molecular formula is C10H13Cl2NO3. The van der Waals surface area contributed by atoms with E-state index in [1.54, 1.807) is 25.1 Å². The molecule has 0 spiro atoms. The second-order valence-electron chi connectivity index (χ2n) is 2.78. The smallest absolute Gasteiger partial charge is 0.344 e. The summed E-state index contributed by atoms with van der Waals surface area (Å²) in [5.41, 5.74) is 6.06. The molecule has 0 aliphatic heterocycles. The van der Waals surface area contributed by atoms with Crippen LogP contribution in [-0.2, 0) is 9.53 Å². The third-order valence-corrected chi connectivity index (χ3v) is 1.92. The van der Waals surface area contributed by atoms with Gasteiger partial charge in [-0.15, -0.1) is 12.4 Å². The van der Waals surface area contributed by atoms with Gasteiger partial charge in [0.05, 0.1) is 11.6 Å². The predicted octanol–water partition coefficient (Wildman–Crippen LogP) is 2.29. The van der Waals surface area contributed by atoms with E-state index in [2.05, 4.69) is 0 Å². The van der Waals surface area contributed by atoms with Crippen LogP contribution in [0.5, 0.6) is 5.75 Å². The Kier molecular flexibility index (Phi) is 6.69. The largest absolute Gasteiger partial charge is 0.480 e. The third kappa shape index (κ3) is 4.59. The van der Waals surface area contributed by atoms with Gasteiger partial charge in [0, 0.05) is 11.8 Å². The number of nitrogen functional groups attached to an aromatic ring is 1. The molecule has 2 N–H and O–H groups in total. The summed E-state index contributed by atoms with van der Waals surface area (Å²) in [6.07, 6.45) is 0. The van der Waals surface area contributed by atoms with Crippen molar-refractivity contribution in [1.82, 2.24) is 0 Å². The minimum Gasteiger partial charge on any atom is -0.480 e. The summed E-state index contributed by atoms with van der Waals surface area (Å²) >= 11 is 5.82. The number of carbonyl (C=O) groups is 1. The lowest BCUT2D eigenvalue weighted by Crippen LogP contribution is -2.14. The highest BCUT2D eigenvalue weighted by Crippen LogP contribution is 2.26. The second kappa shape index (κ2) is 7.19. The van der Waals surface area contributed by atoms with Crippen molar-refractivity contribution in [3.63, 3.8) is 0 Å². The molecule has 0 aliphatic rings. The van der Waals surface area contributed by atoms with Crippen molar-refractivity contribution in [3.8, 4) is 5.75 Å². The Bertz CT molecular complexity index is 358. The number of carbonyl (C=O) groups excluding carboxylic acids is 1. The Balaban J connectivity index is 0.00000225. The average Bonchev–Trinajstić information content (AvgIpc) is 2.20. The molecular weight excluding hydrogens is 253 g/mol. The highest BCUT2D eigenvalue weighted by molar-refractivity contribution is 6.32. The van der Waals surface area contributed by atoms with Gasteiger partial charge in [-0.05, 0) is 19.1 Å². The number of benzene rings is 1. The van der Waals surface area contributed by atoms with E-state index in [0.717, 1.165) is 0 Å². The SMILES string of the molecule is CCOC(=O)COc1cc(N)ccc1Cl.Cl. The van der Waals surface area contributed by atoms with Gasteiger partial charge in [0.15, 0.2) is 6.61 Å². The van der Waals surface area contributed by atoms with Crippen molar-refractivity contribution >= 4 is 35.7 Å². The van der Waals surface area contributed by atoms with E-state index in [4.69, 9.17) is 26.8 Å². The van der Waals surface area contributed by atoms with Gasteiger partial charge in [-0.2, -0.15) is 0 Å². The van der Waals surface area contributed by atoms with Crippen LogP contribution in [0.25, 0.3) is 0 Å². The Morgan fingerprint density at radius 2 is 2.19 bits per heavy atom. The van der Waals surface area contributed by atoms with E-state index in [1.807, 2.05) is 0 Å². The first-order chi connectivity index (χ1) is 7.13. The maximum atomic E-state index is 11.0. The van der Waals surface area contributed by atoms with Gasteiger partial charge >= 0.3 is 5.97 Å². The first-order valence-corrected chi connectivity index (χ1v) is 4.84. The number of halogens is 2. The summed E-state index contributed by atoms with van der Waals surface area (Å²) < 4.78 is 9.84. The van der Waals surface area contributed by atoms with Crippen molar-refractivity contribution in [3.05, 3.63) is 23.2 Å². The quantitative estimate of drug-likeness (QED) is 0.670. The molecule has 1 aromatic carbocycles. The summed E-state index contributed by atoms with van der Waals surface area (Å²) in [5, 5.41) is 0.411. The number of rotatable bonds is 4. The van der Waals surface area contributed by atoms with E-state index in [-0.39, 0.29) is 19.0 Å². The Morgan fingerprint density at radius 1 is 1.50 bits per heavy atom. The van der Waals surface area contributed by atoms with E-state index in [9.17, 15) is 4.79 Å². The van der Waals surface area contributed by atoms with Gasteiger partial charge in [-0.3, -0.25) is 0 Å². The van der Waals surface area contributed by atoms with Gasteiger partial charge in [0.2, 0.25) is 0 Å². The summed E-state index contributed by atoms with van der Waals surface area (Å²) in [6.45, 7) is 1.88. The minimum atomic E-state index is -0.434. The van der Waals surface area contributed by atoms with Gasteiger partial charge in [-0.25, -0.2) is 4.79 Å². The Hall–Kier alpha value is -1.13. The summed E-state index contributed by atoms with van der Waals surface area (Å²) in [6, 6.07) is 4.82. The van der Waals surface area contributed by atoms with Gasteiger partial charge in [0.1, 0.15) is 5.75 Å². The van der Waals surface area contributed by atoms with E-state index in [0.29, 0.717) is 23.1 Å². The molecule has 0 bridgehead atoms. The molecule has 0 amide bonds. The van der Waals surface area contributed by atoms with Gasteiger partial charge < -0.3 is 15.2 Å². The molecule has 0 radical (unpaired) electrons. The Labute approximate surface area is 105 Å². The maximum Gasteiger partial charge on any atom is 0.344 e. The molecule has 4 nitrogen and oxygen atoms in total. The minimum absolute atomic E-state index is 0. The number of esters is 1. The zero-order valence-electron chi connectivity index (χ0n) is 8.73. The fourth-order valence-corrected chi connectivity index (χ4v) is 1.14. The highest BCUT2D eigenvalue weighted by atomic mass is 35.5. The van der Waals surface area contributed by atoms with Crippen molar-refractivity contribution in [2.75, 3.05) is 18.9 Å². The molecule has 0 heterocycles. The number of hydrogen-bond acceptors (Lipinski definition) is 4. The third-order valence-electron chi connectivity index (χ3n) is 1.61. The van der Waals surface area contributed by atoms with Crippen LogP contribution in [0.3, 0.4) is 0 Å². The fourth-order valence-electron chi connectivity index (χ4n) is 0.970. The molecule has 0 atom stereocenters. The molecule has 0 aliphatic carbocycles. The van der Waals surface area contributed by atoms with Crippen LogP contribution in [0.4, 0.5) is 5.69 Å². The van der Waals surface area contributed by atoms with Crippen LogP contribution in [0.1, 0.15) is 6.92 Å². The summed E-state index contributed by atoms with van der Waals surface area (Å²) in [7, 11) is 0. The van der Waals surface area contributed by atoms with Crippen molar-refractivity contribution in [2.24, 2.45) is 0 Å². The van der Waals surface area contributed by atoms with Gasteiger partial charge in [-0.1, -0.05) is 11.6 Å². The first kappa shape index (κ1) is 14.9. The zero-order chi connectivity index (χ0) is 11.3. The van der Waals surface area contributed by atoms with Gasteiger partial charge in [0.25, 0.3) is 0 Å². The lowest BCUT2D eigenvalue weighted by Gasteiger charge is -2.07. The normalized spacial score (nSPS) is 9.12. The average molecular weight is 266 g/mol. The highest BCUT2D eigenvalue weighted by Gasteiger charge is 2.06. The monoisotopic (exact) mass is 265 g/mol. The molecule has 1 aromatic rings. The first-order valence-electron chi connectivity index (χ1n) is 4.47. The van der Waals surface area contributed by atoms with Crippen LogP contribution in [0.15, 0.2) is 18.2 Å². The van der Waals surface area contributed by atoms with Crippen LogP contribution >= 0.6 is 24.0 Å². The fraction of sp³-hybridized carbons (Fsp3) is 0.300. The molecule has 0 unspecified atom stereocenters. The molecule has 1 rings (SSSR count). The van der Waals surface area contributed by atoms with Crippen molar-refractivity contribution in [1.29, 1.82) is 0 Å². The molecule has 0 saturated heterocycles. The van der Waals surface area contributed by atoms with Crippen LogP contribution in [0, 0.1) is 0 Å². The summed E-state index contributed by atoms with van der Waals surface area (Å²) in [5.74, 6) is -0.0549. The molecule has 90 valence electrons. The summed E-state index contributed by atoms with van der Waals surface area (Å²) in [4.78, 5) is 11.0.